The smallest absolute Gasteiger partial charge is 0.340 e. The molecular weight excluding hydrogens is 543 g/mol. The van der Waals surface area contributed by atoms with Crippen LogP contribution in [-0.2, 0) is 26.1 Å². The average Bonchev–Trinajstić information content (AvgIpc) is 2.89. The number of nitrogens with zero attached hydrogens (tertiary/aromatic N) is 1. The highest BCUT2D eigenvalue weighted by Gasteiger charge is 2.28. The van der Waals surface area contributed by atoms with E-state index in [4.69, 9.17) is 37.4 Å². The Labute approximate surface area is 224 Å². The minimum Gasteiger partial charge on any atom is -0.493 e. The molecule has 0 saturated carbocycles. The van der Waals surface area contributed by atoms with Crippen LogP contribution in [0.2, 0.25) is 10.0 Å². The van der Waals surface area contributed by atoms with Crippen LogP contribution in [0.4, 0.5) is 5.69 Å². The van der Waals surface area contributed by atoms with Gasteiger partial charge in [-0.05, 0) is 42.0 Å². The van der Waals surface area contributed by atoms with E-state index in [1.54, 1.807) is 24.3 Å². The lowest BCUT2D eigenvalue weighted by Crippen LogP contribution is -2.37. The number of hydrogen-bond donors (Lipinski definition) is 1. The van der Waals surface area contributed by atoms with Gasteiger partial charge in [0.2, 0.25) is 15.9 Å². The molecule has 0 spiro atoms. The molecule has 3 rings (SSSR count). The summed E-state index contributed by atoms with van der Waals surface area (Å²) < 4.78 is 43.2. The lowest BCUT2D eigenvalue weighted by Gasteiger charge is -2.22. The SMILES string of the molecule is COC(=O)c1cc(OC)c(OC)cc1NC(=O)CN(Cc1ccc(Cl)cc1)S(=O)(=O)c1ccc(Cl)cc1. The van der Waals surface area contributed by atoms with E-state index in [1.807, 2.05) is 0 Å². The summed E-state index contributed by atoms with van der Waals surface area (Å²) in [5, 5.41) is 3.44. The fourth-order valence-corrected chi connectivity index (χ4v) is 5.02. The van der Waals surface area contributed by atoms with Crippen LogP contribution in [0.1, 0.15) is 15.9 Å². The summed E-state index contributed by atoms with van der Waals surface area (Å²) in [6.45, 7) is -0.687. The summed E-state index contributed by atoms with van der Waals surface area (Å²) in [6, 6.07) is 14.9. The zero-order chi connectivity index (χ0) is 27.2. The third kappa shape index (κ3) is 6.92. The van der Waals surface area contributed by atoms with Gasteiger partial charge in [-0.3, -0.25) is 4.79 Å². The molecule has 3 aromatic rings. The summed E-state index contributed by atoms with van der Waals surface area (Å²) in [6.07, 6.45) is 0. The largest absolute Gasteiger partial charge is 0.493 e. The molecule has 1 amide bonds. The first-order valence-corrected chi connectivity index (χ1v) is 12.9. The van der Waals surface area contributed by atoms with Crippen molar-refractivity contribution in [1.82, 2.24) is 4.31 Å². The van der Waals surface area contributed by atoms with Crippen molar-refractivity contribution in [2.24, 2.45) is 0 Å². The summed E-state index contributed by atoms with van der Waals surface area (Å²) in [5.41, 5.74) is 0.666. The van der Waals surface area contributed by atoms with Gasteiger partial charge in [0.25, 0.3) is 0 Å². The van der Waals surface area contributed by atoms with E-state index in [9.17, 15) is 18.0 Å². The predicted octanol–water partition coefficient (Wildman–Crippen LogP) is 4.63. The normalized spacial score (nSPS) is 11.2. The second-order valence-corrected chi connectivity index (χ2v) is 10.5. The maximum absolute atomic E-state index is 13.5. The standard InChI is InChI=1S/C25H24Cl2N2O7S/c1-34-22-12-20(25(31)36-3)21(13-23(22)35-2)28-24(30)15-29(14-16-4-6-17(26)7-5-16)37(32,33)19-10-8-18(27)9-11-19/h4-13H,14-15H2,1-3H3,(H,28,30). The summed E-state index contributed by atoms with van der Waals surface area (Å²) in [7, 11) is -0.139. The van der Waals surface area contributed by atoms with Gasteiger partial charge in [0.15, 0.2) is 11.5 Å². The van der Waals surface area contributed by atoms with Crippen molar-refractivity contribution >= 4 is 50.8 Å². The molecule has 0 unspecified atom stereocenters. The number of methoxy groups -OCH3 is 3. The number of rotatable bonds is 10. The lowest BCUT2D eigenvalue weighted by molar-refractivity contribution is -0.116. The quantitative estimate of drug-likeness (QED) is 0.356. The number of amides is 1. The Balaban J connectivity index is 1.96. The Hall–Kier alpha value is -3.31. The maximum Gasteiger partial charge on any atom is 0.340 e. The number of carbonyl (C=O) groups is 2. The molecule has 0 aliphatic rings. The van der Waals surface area contributed by atoms with E-state index in [0.29, 0.717) is 15.6 Å². The van der Waals surface area contributed by atoms with Gasteiger partial charge in [-0.1, -0.05) is 35.3 Å². The van der Waals surface area contributed by atoms with Crippen LogP contribution in [0.15, 0.2) is 65.6 Å². The number of halogens is 2. The molecule has 0 heterocycles. The topological polar surface area (TPSA) is 111 Å². The van der Waals surface area contributed by atoms with Crippen LogP contribution in [0.25, 0.3) is 0 Å². The molecule has 0 saturated heterocycles. The van der Waals surface area contributed by atoms with Crippen molar-refractivity contribution in [2.75, 3.05) is 33.2 Å². The lowest BCUT2D eigenvalue weighted by atomic mass is 10.1. The van der Waals surface area contributed by atoms with Gasteiger partial charge >= 0.3 is 5.97 Å². The second kappa shape index (κ2) is 12.3. The third-order valence-electron chi connectivity index (χ3n) is 5.25. The Bertz CT molecular complexity index is 1380. The van der Waals surface area contributed by atoms with Crippen molar-refractivity contribution in [3.63, 3.8) is 0 Å². The Morgan fingerprint density at radius 2 is 1.41 bits per heavy atom. The number of benzene rings is 3. The molecule has 0 aromatic heterocycles. The van der Waals surface area contributed by atoms with E-state index in [-0.39, 0.29) is 34.2 Å². The Morgan fingerprint density at radius 3 is 1.95 bits per heavy atom. The predicted molar refractivity (Wildman–Crippen MR) is 140 cm³/mol. The van der Waals surface area contributed by atoms with E-state index >= 15 is 0 Å². The first-order chi connectivity index (χ1) is 17.6. The molecule has 196 valence electrons. The monoisotopic (exact) mass is 566 g/mol. The number of ether oxygens (including phenoxy) is 3. The van der Waals surface area contributed by atoms with E-state index in [0.717, 1.165) is 4.31 Å². The highest BCUT2D eigenvalue weighted by atomic mass is 35.5. The number of esters is 1. The molecule has 0 aliphatic carbocycles. The van der Waals surface area contributed by atoms with Crippen molar-refractivity contribution in [1.29, 1.82) is 0 Å². The Kier molecular flexibility index (Phi) is 9.39. The molecule has 9 nitrogen and oxygen atoms in total. The molecule has 0 bridgehead atoms. The zero-order valence-corrected chi connectivity index (χ0v) is 22.5. The highest BCUT2D eigenvalue weighted by molar-refractivity contribution is 7.89. The number of anilines is 1. The Morgan fingerprint density at radius 1 is 0.865 bits per heavy atom. The molecule has 0 aliphatic heterocycles. The van der Waals surface area contributed by atoms with Crippen LogP contribution in [0, 0.1) is 0 Å². The van der Waals surface area contributed by atoms with Gasteiger partial charge < -0.3 is 19.5 Å². The van der Waals surface area contributed by atoms with Crippen molar-refractivity contribution in [2.45, 2.75) is 11.4 Å². The summed E-state index contributed by atoms with van der Waals surface area (Å²) >= 11 is 11.9. The van der Waals surface area contributed by atoms with E-state index in [2.05, 4.69) is 5.32 Å². The van der Waals surface area contributed by atoms with Gasteiger partial charge in [0.05, 0.1) is 44.0 Å². The first-order valence-electron chi connectivity index (χ1n) is 10.7. The van der Waals surface area contributed by atoms with Crippen LogP contribution < -0.4 is 14.8 Å². The van der Waals surface area contributed by atoms with E-state index < -0.39 is 28.4 Å². The minimum absolute atomic E-state index is 0.00157. The first kappa shape index (κ1) is 28.3. The van der Waals surface area contributed by atoms with Gasteiger partial charge in [-0.25, -0.2) is 13.2 Å². The fraction of sp³-hybridized carbons (Fsp3) is 0.200. The van der Waals surface area contributed by atoms with Crippen LogP contribution in [0.5, 0.6) is 11.5 Å². The highest BCUT2D eigenvalue weighted by Crippen LogP contribution is 2.34. The number of sulfonamides is 1. The molecule has 0 atom stereocenters. The minimum atomic E-state index is -4.12. The number of hydrogen-bond acceptors (Lipinski definition) is 7. The summed E-state index contributed by atoms with van der Waals surface area (Å²) in [5.74, 6) is -0.945. The molecule has 12 heteroatoms. The van der Waals surface area contributed by atoms with Gasteiger partial charge in [-0.2, -0.15) is 4.31 Å². The molecule has 1 N–H and O–H groups in total. The molecule has 37 heavy (non-hydrogen) atoms. The summed E-state index contributed by atoms with van der Waals surface area (Å²) in [4.78, 5) is 25.4. The molecule has 0 radical (unpaired) electrons. The zero-order valence-electron chi connectivity index (χ0n) is 20.2. The molecular formula is C25H24Cl2N2O7S. The van der Waals surface area contributed by atoms with Crippen molar-refractivity contribution in [3.8, 4) is 11.5 Å². The van der Waals surface area contributed by atoms with Crippen molar-refractivity contribution in [3.05, 3.63) is 81.8 Å². The second-order valence-electron chi connectivity index (χ2n) is 7.65. The van der Waals surface area contributed by atoms with Gasteiger partial charge in [0.1, 0.15) is 0 Å². The molecule has 3 aromatic carbocycles. The fourth-order valence-electron chi connectivity index (χ4n) is 3.39. The maximum atomic E-state index is 13.5. The number of nitrogens with one attached hydrogen (secondary N) is 1. The van der Waals surface area contributed by atoms with Crippen molar-refractivity contribution < 1.29 is 32.2 Å². The average molecular weight is 567 g/mol. The van der Waals surface area contributed by atoms with Gasteiger partial charge in [-0.15, -0.1) is 0 Å². The van der Waals surface area contributed by atoms with Crippen LogP contribution in [0.3, 0.4) is 0 Å². The van der Waals surface area contributed by atoms with E-state index in [1.165, 1.54) is 57.7 Å². The van der Waals surface area contributed by atoms with Crippen LogP contribution >= 0.6 is 23.2 Å². The van der Waals surface area contributed by atoms with Gasteiger partial charge in [0, 0.05) is 28.7 Å². The third-order valence-corrected chi connectivity index (χ3v) is 7.56. The number of carbonyl (C=O) groups excluding carboxylic acids is 2. The van der Waals surface area contributed by atoms with Crippen LogP contribution in [-0.4, -0.2) is 52.5 Å². The molecule has 0 fully saturated rings.